The van der Waals surface area contributed by atoms with Crippen molar-refractivity contribution >= 4 is 11.8 Å². The second-order valence-corrected chi connectivity index (χ2v) is 9.28. The fourth-order valence-corrected chi connectivity index (χ4v) is 4.18. The van der Waals surface area contributed by atoms with Crippen molar-refractivity contribution < 1.29 is 9.59 Å². The first kappa shape index (κ1) is 26.2. The van der Waals surface area contributed by atoms with Gasteiger partial charge in [-0.3, -0.25) is 9.59 Å². The van der Waals surface area contributed by atoms with E-state index in [1.807, 2.05) is 48.5 Å². The molecule has 0 saturated carbocycles. The summed E-state index contributed by atoms with van der Waals surface area (Å²) in [6, 6.07) is 25.8. The average Bonchev–Trinajstić information content (AvgIpc) is 2.87. The maximum absolute atomic E-state index is 13.7. The van der Waals surface area contributed by atoms with Crippen molar-refractivity contribution in [3.63, 3.8) is 0 Å². The molecule has 0 heterocycles. The molecule has 0 aliphatic carbocycles. The van der Waals surface area contributed by atoms with Gasteiger partial charge < -0.3 is 10.2 Å². The van der Waals surface area contributed by atoms with Gasteiger partial charge in [-0.25, -0.2) is 0 Å². The van der Waals surface area contributed by atoms with E-state index in [2.05, 4.69) is 56.4 Å². The molecule has 3 aromatic rings. The summed E-state index contributed by atoms with van der Waals surface area (Å²) in [4.78, 5) is 29.0. The predicted octanol–water partition coefficient (Wildman–Crippen LogP) is 5.79. The van der Waals surface area contributed by atoms with Crippen LogP contribution in [0.1, 0.15) is 54.0 Å². The Morgan fingerprint density at radius 1 is 0.857 bits per heavy atom. The van der Waals surface area contributed by atoms with Gasteiger partial charge >= 0.3 is 0 Å². The van der Waals surface area contributed by atoms with Crippen LogP contribution in [-0.2, 0) is 29.0 Å². The topological polar surface area (TPSA) is 49.4 Å². The molecule has 0 saturated heterocycles. The Morgan fingerprint density at radius 2 is 1.54 bits per heavy atom. The van der Waals surface area contributed by atoms with Crippen LogP contribution in [0.3, 0.4) is 0 Å². The zero-order chi connectivity index (χ0) is 25.0. The van der Waals surface area contributed by atoms with Gasteiger partial charge in [0.25, 0.3) is 0 Å². The van der Waals surface area contributed by atoms with Crippen LogP contribution in [0.5, 0.6) is 0 Å². The third-order valence-corrected chi connectivity index (χ3v) is 6.45. The molecule has 0 aliphatic rings. The van der Waals surface area contributed by atoms with E-state index in [1.54, 1.807) is 4.90 Å². The number of benzene rings is 3. The minimum Gasteiger partial charge on any atom is -0.354 e. The lowest BCUT2D eigenvalue weighted by Gasteiger charge is -2.32. The van der Waals surface area contributed by atoms with Crippen LogP contribution < -0.4 is 5.32 Å². The molecule has 3 rings (SSSR count). The minimum absolute atomic E-state index is 0.000371. The molecule has 1 atom stereocenters. The third-order valence-electron chi connectivity index (χ3n) is 6.45. The number of carbonyl (C=O) groups is 2. The lowest BCUT2D eigenvalue weighted by Crippen LogP contribution is -2.50. The standard InChI is InChI=1S/C31H38N2O2/c1-4-5-21-32-31(35)29(22-27-12-7-6-8-13-27)33(23-28-14-10-9-11-25(28)3)30(34)20-19-26-17-15-24(2)16-18-26/h6-18,29H,4-5,19-23H2,1-3H3,(H,32,35)/t29-/m1/s1. The summed E-state index contributed by atoms with van der Waals surface area (Å²) in [5.41, 5.74) is 5.56. The maximum Gasteiger partial charge on any atom is 0.243 e. The van der Waals surface area contributed by atoms with Gasteiger partial charge in [-0.05, 0) is 48.9 Å². The van der Waals surface area contributed by atoms with Crippen molar-refractivity contribution in [2.24, 2.45) is 0 Å². The van der Waals surface area contributed by atoms with E-state index in [4.69, 9.17) is 0 Å². The summed E-state index contributed by atoms with van der Waals surface area (Å²) in [6.07, 6.45) is 3.43. The number of nitrogens with one attached hydrogen (secondary N) is 1. The van der Waals surface area contributed by atoms with Gasteiger partial charge in [-0.2, -0.15) is 0 Å². The summed E-state index contributed by atoms with van der Waals surface area (Å²) in [6.45, 7) is 7.25. The van der Waals surface area contributed by atoms with Gasteiger partial charge in [-0.1, -0.05) is 97.8 Å². The van der Waals surface area contributed by atoms with E-state index in [-0.39, 0.29) is 11.8 Å². The normalized spacial score (nSPS) is 11.6. The van der Waals surface area contributed by atoms with Crippen molar-refractivity contribution in [3.8, 4) is 0 Å². The molecule has 35 heavy (non-hydrogen) atoms. The van der Waals surface area contributed by atoms with Gasteiger partial charge in [0.2, 0.25) is 11.8 Å². The summed E-state index contributed by atoms with van der Waals surface area (Å²) < 4.78 is 0. The van der Waals surface area contributed by atoms with Gasteiger partial charge in [0.15, 0.2) is 0 Å². The number of amides is 2. The molecule has 0 aliphatic heterocycles. The molecule has 0 bridgehead atoms. The highest BCUT2D eigenvalue weighted by Gasteiger charge is 2.30. The number of hydrogen-bond donors (Lipinski definition) is 1. The number of unbranched alkanes of at least 4 members (excludes halogenated alkanes) is 1. The Bertz CT molecular complexity index is 1080. The quantitative estimate of drug-likeness (QED) is 0.341. The van der Waals surface area contributed by atoms with Crippen molar-refractivity contribution in [2.45, 2.75) is 65.5 Å². The summed E-state index contributed by atoms with van der Waals surface area (Å²) in [7, 11) is 0. The van der Waals surface area contributed by atoms with Crippen molar-refractivity contribution in [2.75, 3.05) is 6.54 Å². The molecule has 0 unspecified atom stereocenters. The zero-order valence-corrected chi connectivity index (χ0v) is 21.3. The first-order chi connectivity index (χ1) is 17.0. The van der Waals surface area contributed by atoms with Crippen LogP contribution in [0.2, 0.25) is 0 Å². The van der Waals surface area contributed by atoms with Crippen LogP contribution in [0, 0.1) is 13.8 Å². The first-order valence-corrected chi connectivity index (χ1v) is 12.7. The Kier molecular flexibility index (Phi) is 10.1. The second-order valence-electron chi connectivity index (χ2n) is 9.28. The molecule has 4 heteroatoms. The van der Waals surface area contributed by atoms with Crippen LogP contribution in [0.25, 0.3) is 0 Å². The summed E-state index contributed by atoms with van der Waals surface area (Å²) in [5.74, 6) is -0.0834. The highest BCUT2D eigenvalue weighted by Crippen LogP contribution is 2.19. The highest BCUT2D eigenvalue weighted by molar-refractivity contribution is 5.88. The van der Waals surface area contributed by atoms with Gasteiger partial charge in [0, 0.05) is 25.9 Å². The molecule has 0 fully saturated rings. The minimum atomic E-state index is -0.570. The number of carbonyl (C=O) groups excluding carboxylic acids is 2. The smallest absolute Gasteiger partial charge is 0.243 e. The third kappa shape index (κ3) is 8.10. The molecule has 4 nitrogen and oxygen atoms in total. The Labute approximate surface area is 210 Å². The Hall–Kier alpha value is -3.40. The molecule has 3 aromatic carbocycles. The molecule has 0 aromatic heterocycles. The second kappa shape index (κ2) is 13.5. The number of nitrogens with zero attached hydrogens (tertiary/aromatic N) is 1. The molecule has 0 spiro atoms. The maximum atomic E-state index is 13.7. The zero-order valence-electron chi connectivity index (χ0n) is 21.3. The van der Waals surface area contributed by atoms with Crippen molar-refractivity contribution in [1.82, 2.24) is 10.2 Å². The molecule has 0 radical (unpaired) electrons. The molecular formula is C31H38N2O2. The molecule has 184 valence electrons. The van der Waals surface area contributed by atoms with E-state index in [1.165, 1.54) is 5.56 Å². The average molecular weight is 471 g/mol. The van der Waals surface area contributed by atoms with E-state index in [0.717, 1.165) is 35.1 Å². The summed E-state index contributed by atoms with van der Waals surface area (Å²) in [5, 5.41) is 3.09. The molecule has 2 amide bonds. The van der Waals surface area contributed by atoms with Crippen LogP contribution in [-0.4, -0.2) is 29.3 Å². The van der Waals surface area contributed by atoms with Crippen LogP contribution in [0.15, 0.2) is 78.9 Å². The van der Waals surface area contributed by atoms with E-state index in [9.17, 15) is 9.59 Å². The monoisotopic (exact) mass is 470 g/mol. The van der Waals surface area contributed by atoms with Crippen molar-refractivity contribution in [3.05, 3.63) is 107 Å². The Morgan fingerprint density at radius 3 is 2.23 bits per heavy atom. The van der Waals surface area contributed by atoms with E-state index < -0.39 is 6.04 Å². The lowest BCUT2D eigenvalue weighted by atomic mass is 10.00. The molecular weight excluding hydrogens is 432 g/mol. The van der Waals surface area contributed by atoms with Gasteiger partial charge in [0.05, 0.1) is 0 Å². The van der Waals surface area contributed by atoms with Gasteiger partial charge in [-0.15, -0.1) is 0 Å². The van der Waals surface area contributed by atoms with Crippen molar-refractivity contribution in [1.29, 1.82) is 0 Å². The van der Waals surface area contributed by atoms with Crippen LogP contribution in [0.4, 0.5) is 0 Å². The predicted molar refractivity (Wildman–Crippen MR) is 143 cm³/mol. The highest BCUT2D eigenvalue weighted by atomic mass is 16.2. The SMILES string of the molecule is CCCCNC(=O)[C@@H](Cc1ccccc1)N(Cc1ccccc1C)C(=O)CCc1ccc(C)cc1. The Balaban J connectivity index is 1.88. The fourth-order valence-electron chi connectivity index (χ4n) is 4.18. The molecule has 1 N–H and O–H groups in total. The largest absolute Gasteiger partial charge is 0.354 e. The number of aryl methyl sites for hydroxylation is 3. The van der Waals surface area contributed by atoms with E-state index in [0.29, 0.717) is 32.4 Å². The number of hydrogen-bond acceptors (Lipinski definition) is 2. The van der Waals surface area contributed by atoms with Crippen LogP contribution >= 0.6 is 0 Å². The summed E-state index contributed by atoms with van der Waals surface area (Å²) >= 11 is 0. The fraction of sp³-hybridized carbons (Fsp3) is 0.355. The van der Waals surface area contributed by atoms with E-state index >= 15 is 0 Å². The number of rotatable bonds is 12. The van der Waals surface area contributed by atoms with Gasteiger partial charge in [0.1, 0.15) is 6.04 Å². The lowest BCUT2D eigenvalue weighted by molar-refractivity contribution is -0.141. The first-order valence-electron chi connectivity index (χ1n) is 12.7.